The summed E-state index contributed by atoms with van der Waals surface area (Å²) in [6.45, 7) is 6.52. The largest absolute Gasteiger partial charge is 0.462 e. The van der Waals surface area contributed by atoms with Gasteiger partial charge < -0.3 is 14.2 Å². The van der Waals surface area contributed by atoms with E-state index >= 15 is 0 Å². The van der Waals surface area contributed by atoms with Crippen molar-refractivity contribution >= 4 is 17.9 Å². The number of carbonyl (C=O) groups is 3. The van der Waals surface area contributed by atoms with Crippen molar-refractivity contribution in [2.75, 3.05) is 13.2 Å². The number of ether oxygens (including phenoxy) is 3. The summed E-state index contributed by atoms with van der Waals surface area (Å²) in [5.41, 5.74) is 0. The Morgan fingerprint density at radius 1 is 0.300 bits per heavy atom. The molecule has 0 rings (SSSR count). The zero-order chi connectivity index (χ0) is 50.7. The average Bonchev–Trinajstić information content (AvgIpc) is 3.36. The lowest BCUT2D eigenvalue weighted by Crippen LogP contribution is -2.30. The van der Waals surface area contributed by atoms with Crippen LogP contribution in [-0.4, -0.2) is 37.2 Å². The van der Waals surface area contributed by atoms with Crippen molar-refractivity contribution in [3.8, 4) is 0 Å². The summed E-state index contributed by atoms with van der Waals surface area (Å²) in [4.78, 5) is 38.2. The fraction of sp³-hybridized carbons (Fsp3) is 0.766. The van der Waals surface area contributed by atoms with Crippen molar-refractivity contribution in [3.63, 3.8) is 0 Å². The average molecular weight is 978 g/mol. The molecule has 404 valence electrons. The molecule has 0 spiro atoms. The van der Waals surface area contributed by atoms with Crippen LogP contribution in [0, 0.1) is 0 Å². The lowest BCUT2D eigenvalue weighted by molar-refractivity contribution is -0.167. The fourth-order valence-corrected chi connectivity index (χ4v) is 8.51. The lowest BCUT2D eigenvalue weighted by atomic mass is 10.0. The van der Waals surface area contributed by atoms with Crippen molar-refractivity contribution < 1.29 is 28.6 Å². The van der Waals surface area contributed by atoms with Gasteiger partial charge in [0.25, 0.3) is 0 Å². The molecule has 0 amide bonds. The molecule has 0 heterocycles. The van der Waals surface area contributed by atoms with E-state index in [2.05, 4.69) is 93.7 Å². The maximum Gasteiger partial charge on any atom is 0.306 e. The van der Waals surface area contributed by atoms with Gasteiger partial charge in [0.2, 0.25) is 0 Å². The van der Waals surface area contributed by atoms with E-state index in [1.165, 1.54) is 161 Å². The highest BCUT2D eigenvalue weighted by atomic mass is 16.6. The zero-order valence-corrected chi connectivity index (χ0v) is 46.3. The third-order valence-electron chi connectivity index (χ3n) is 13.0. The molecule has 0 radical (unpaired) electrons. The van der Waals surface area contributed by atoms with E-state index in [-0.39, 0.29) is 31.1 Å². The molecule has 0 aliphatic carbocycles. The minimum Gasteiger partial charge on any atom is -0.462 e. The van der Waals surface area contributed by atoms with E-state index in [9.17, 15) is 14.4 Å². The minimum atomic E-state index is -0.790. The molecule has 0 aliphatic heterocycles. The molecule has 1 atom stereocenters. The minimum absolute atomic E-state index is 0.0852. The van der Waals surface area contributed by atoms with Gasteiger partial charge in [-0.15, -0.1) is 0 Å². The number of hydrogen-bond donors (Lipinski definition) is 0. The van der Waals surface area contributed by atoms with Crippen LogP contribution in [0.3, 0.4) is 0 Å². The number of allylic oxidation sites excluding steroid dienone is 12. The Kier molecular flexibility index (Phi) is 55.8. The monoisotopic (exact) mass is 977 g/mol. The van der Waals surface area contributed by atoms with Gasteiger partial charge in [-0.2, -0.15) is 0 Å². The number of hydrogen-bond acceptors (Lipinski definition) is 6. The number of rotatable bonds is 54. The van der Waals surface area contributed by atoms with E-state index in [0.717, 1.165) is 96.3 Å². The highest BCUT2D eigenvalue weighted by Crippen LogP contribution is 2.17. The first-order chi connectivity index (χ1) is 34.5. The van der Waals surface area contributed by atoms with Crippen LogP contribution in [-0.2, 0) is 28.6 Å². The molecule has 6 nitrogen and oxygen atoms in total. The molecule has 0 N–H and O–H groups in total. The van der Waals surface area contributed by atoms with Gasteiger partial charge in [-0.25, -0.2) is 0 Å². The Bertz CT molecular complexity index is 1310. The number of carbonyl (C=O) groups excluding carboxylic acids is 3. The van der Waals surface area contributed by atoms with E-state index in [0.29, 0.717) is 19.3 Å². The molecular weight excluding hydrogens is 865 g/mol. The first-order valence-electron chi connectivity index (χ1n) is 29.9. The van der Waals surface area contributed by atoms with Gasteiger partial charge >= 0.3 is 17.9 Å². The van der Waals surface area contributed by atoms with Gasteiger partial charge in [-0.3, -0.25) is 14.4 Å². The Labute approximate surface area is 433 Å². The first-order valence-corrected chi connectivity index (χ1v) is 29.9. The molecule has 0 saturated carbocycles. The smallest absolute Gasteiger partial charge is 0.306 e. The topological polar surface area (TPSA) is 78.9 Å². The van der Waals surface area contributed by atoms with Crippen LogP contribution >= 0.6 is 0 Å². The van der Waals surface area contributed by atoms with Crippen LogP contribution in [0.4, 0.5) is 0 Å². The van der Waals surface area contributed by atoms with Gasteiger partial charge in [-0.05, 0) is 70.6 Å². The first kappa shape index (κ1) is 66.9. The van der Waals surface area contributed by atoms with Gasteiger partial charge in [0.05, 0.1) is 0 Å². The van der Waals surface area contributed by atoms with Gasteiger partial charge in [0, 0.05) is 19.3 Å². The van der Waals surface area contributed by atoms with Crippen molar-refractivity contribution in [2.45, 2.75) is 303 Å². The quantitative estimate of drug-likeness (QED) is 0.0261. The zero-order valence-electron chi connectivity index (χ0n) is 46.3. The van der Waals surface area contributed by atoms with E-state index in [1.54, 1.807) is 0 Å². The second kappa shape index (κ2) is 58.4. The maximum absolute atomic E-state index is 12.9. The maximum atomic E-state index is 12.9. The summed E-state index contributed by atoms with van der Waals surface area (Å²) in [6, 6.07) is 0. The molecule has 0 aliphatic rings. The molecule has 0 aromatic carbocycles. The molecule has 1 unspecified atom stereocenters. The van der Waals surface area contributed by atoms with Crippen LogP contribution in [0.15, 0.2) is 72.9 Å². The molecular formula is C64H112O6. The summed E-state index contributed by atoms with van der Waals surface area (Å²) in [6.07, 6.45) is 74.7. The summed E-state index contributed by atoms with van der Waals surface area (Å²) in [5.74, 6) is -0.916. The number of esters is 3. The van der Waals surface area contributed by atoms with Crippen molar-refractivity contribution in [1.29, 1.82) is 0 Å². The summed E-state index contributed by atoms with van der Waals surface area (Å²) in [7, 11) is 0. The van der Waals surface area contributed by atoms with E-state index in [4.69, 9.17) is 14.2 Å². The van der Waals surface area contributed by atoms with Gasteiger partial charge in [-0.1, -0.05) is 280 Å². The summed E-state index contributed by atoms with van der Waals surface area (Å²) < 4.78 is 16.9. The molecule has 0 aromatic heterocycles. The Hall–Kier alpha value is -3.15. The predicted molar refractivity (Wildman–Crippen MR) is 302 cm³/mol. The van der Waals surface area contributed by atoms with Gasteiger partial charge in [0.15, 0.2) is 6.10 Å². The Morgan fingerprint density at radius 3 is 0.871 bits per heavy atom. The molecule has 0 saturated heterocycles. The molecule has 0 aromatic rings. The second-order valence-electron chi connectivity index (χ2n) is 19.9. The van der Waals surface area contributed by atoms with Crippen molar-refractivity contribution in [1.82, 2.24) is 0 Å². The standard InChI is InChI=1S/C64H112O6/c1-4-7-10-13-16-19-22-25-27-29-31-32-33-35-36-39-42-45-48-51-54-57-63(66)69-60-61(59-68-62(65)56-53-50-47-44-41-38-24-21-18-15-12-9-6-3)70-64(67)58-55-52-49-46-43-40-37-34-30-28-26-23-20-17-14-11-8-5-2/h7,10,16,19,25,27,31-32,35-36,42,45,61H,4-6,8-9,11-15,17-18,20-24,26,28-30,33-34,37-41,43-44,46-60H2,1-3H3/b10-7-,19-16-,27-25-,32-31-,36-35-,45-42-. The van der Waals surface area contributed by atoms with Gasteiger partial charge in [0.1, 0.15) is 13.2 Å². The lowest BCUT2D eigenvalue weighted by Gasteiger charge is -2.18. The highest BCUT2D eigenvalue weighted by Gasteiger charge is 2.19. The van der Waals surface area contributed by atoms with E-state index in [1.807, 2.05) is 0 Å². The second-order valence-corrected chi connectivity index (χ2v) is 19.9. The highest BCUT2D eigenvalue weighted by molar-refractivity contribution is 5.71. The molecule has 70 heavy (non-hydrogen) atoms. The van der Waals surface area contributed by atoms with Crippen LogP contribution in [0.2, 0.25) is 0 Å². The molecule has 6 heteroatoms. The Balaban J connectivity index is 4.41. The molecule has 0 bridgehead atoms. The van der Waals surface area contributed by atoms with Crippen LogP contribution in [0.1, 0.15) is 297 Å². The normalized spacial score (nSPS) is 12.6. The number of unbranched alkanes of at least 4 members (excludes halogenated alkanes) is 31. The fourth-order valence-electron chi connectivity index (χ4n) is 8.51. The van der Waals surface area contributed by atoms with E-state index < -0.39 is 6.10 Å². The molecule has 0 fully saturated rings. The summed E-state index contributed by atoms with van der Waals surface area (Å²) in [5, 5.41) is 0. The third kappa shape index (κ3) is 55.8. The summed E-state index contributed by atoms with van der Waals surface area (Å²) >= 11 is 0. The van der Waals surface area contributed by atoms with Crippen molar-refractivity contribution in [2.24, 2.45) is 0 Å². The van der Waals surface area contributed by atoms with Crippen LogP contribution < -0.4 is 0 Å². The van der Waals surface area contributed by atoms with Crippen LogP contribution in [0.25, 0.3) is 0 Å². The third-order valence-corrected chi connectivity index (χ3v) is 13.0. The SMILES string of the molecule is CC/C=C\C/C=C\C/C=C\C/C=C\C/C=C\C/C=C\CCCCC(=O)OCC(COC(=O)CCCCCCCCCCCCCCC)OC(=O)CCCCCCCCCCCCCCCCCCCC. The van der Waals surface area contributed by atoms with Crippen molar-refractivity contribution in [3.05, 3.63) is 72.9 Å². The van der Waals surface area contributed by atoms with Crippen LogP contribution in [0.5, 0.6) is 0 Å². The Morgan fingerprint density at radius 2 is 0.557 bits per heavy atom. The predicted octanol–water partition coefficient (Wildman–Crippen LogP) is 20.2.